The Morgan fingerprint density at radius 2 is 2.05 bits per heavy atom. The second-order valence-corrected chi connectivity index (χ2v) is 4.37. The molecule has 21 heavy (non-hydrogen) atoms. The number of oxazole rings is 1. The topological polar surface area (TPSA) is 88.3 Å². The van der Waals surface area contributed by atoms with Crippen molar-refractivity contribution >= 4 is 23.3 Å². The molecule has 110 valence electrons. The molecule has 0 radical (unpaired) electrons. The molecule has 0 unspecified atom stereocenters. The fraction of sp³-hybridized carbons (Fsp3) is 0.286. The van der Waals surface area contributed by atoms with Crippen LogP contribution in [0.15, 0.2) is 28.9 Å². The van der Waals surface area contributed by atoms with E-state index >= 15 is 0 Å². The van der Waals surface area contributed by atoms with Crippen LogP contribution in [0.1, 0.15) is 30.3 Å². The number of hydrogen-bond donors (Lipinski definition) is 1. The summed E-state index contributed by atoms with van der Waals surface area (Å²) >= 11 is 0. The number of carbonyl (C=O) groups is 2. The number of amides is 2. The predicted octanol–water partition coefficient (Wildman–Crippen LogP) is 2.00. The average molecular weight is 288 g/mol. The van der Waals surface area contributed by atoms with Crippen LogP contribution in [0, 0.1) is 6.92 Å². The molecule has 0 aliphatic carbocycles. The summed E-state index contributed by atoms with van der Waals surface area (Å²) in [5.41, 5.74) is 0.511. The van der Waals surface area contributed by atoms with Crippen molar-refractivity contribution in [3.63, 3.8) is 0 Å². The van der Waals surface area contributed by atoms with Crippen molar-refractivity contribution in [1.82, 2.24) is 9.97 Å². The Morgan fingerprint density at radius 3 is 2.52 bits per heavy atom. The highest BCUT2D eigenvalue weighted by molar-refractivity contribution is 6.02. The van der Waals surface area contributed by atoms with E-state index < -0.39 is 5.91 Å². The third-order valence-electron chi connectivity index (χ3n) is 2.82. The summed E-state index contributed by atoms with van der Waals surface area (Å²) in [4.78, 5) is 32.9. The molecular weight excluding hydrogens is 272 g/mol. The average Bonchev–Trinajstić information content (AvgIpc) is 2.88. The number of aryl methyl sites for hydroxylation is 1. The molecule has 0 bridgehead atoms. The molecule has 1 N–H and O–H groups in total. The van der Waals surface area contributed by atoms with E-state index in [0.29, 0.717) is 23.9 Å². The van der Waals surface area contributed by atoms with Gasteiger partial charge >= 0.3 is 0 Å². The molecule has 0 saturated carbocycles. The van der Waals surface area contributed by atoms with Gasteiger partial charge in [-0.05, 0) is 19.1 Å². The number of carbonyl (C=O) groups excluding carboxylic acids is 2. The summed E-state index contributed by atoms with van der Waals surface area (Å²) in [5.74, 6) is 0.616. The van der Waals surface area contributed by atoms with Crippen LogP contribution in [-0.4, -0.2) is 28.3 Å². The van der Waals surface area contributed by atoms with Crippen LogP contribution in [0.2, 0.25) is 0 Å². The molecule has 7 heteroatoms. The van der Waals surface area contributed by atoms with Crippen LogP contribution in [0.5, 0.6) is 0 Å². The van der Waals surface area contributed by atoms with E-state index in [2.05, 4.69) is 15.3 Å². The van der Waals surface area contributed by atoms with Crippen molar-refractivity contribution in [2.24, 2.45) is 0 Å². The van der Waals surface area contributed by atoms with Crippen molar-refractivity contribution in [3.05, 3.63) is 36.2 Å². The molecule has 0 aliphatic heterocycles. The highest BCUT2D eigenvalue weighted by atomic mass is 16.4. The van der Waals surface area contributed by atoms with E-state index in [4.69, 9.17) is 4.42 Å². The van der Waals surface area contributed by atoms with E-state index in [1.807, 2.05) is 6.92 Å². The Balaban J connectivity index is 2.09. The second-order valence-electron chi connectivity index (χ2n) is 4.37. The lowest BCUT2D eigenvalue weighted by Crippen LogP contribution is -2.28. The highest BCUT2D eigenvalue weighted by Gasteiger charge is 2.13. The number of rotatable bonds is 4. The first-order chi connectivity index (χ1) is 10.0. The second kappa shape index (κ2) is 6.17. The normalized spacial score (nSPS) is 10.2. The monoisotopic (exact) mass is 288 g/mol. The number of hydrogen-bond acceptors (Lipinski definition) is 5. The fourth-order valence-corrected chi connectivity index (χ4v) is 1.82. The van der Waals surface area contributed by atoms with Gasteiger partial charge in [-0.1, -0.05) is 0 Å². The van der Waals surface area contributed by atoms with E-state index in [0.717, 1.165) is 0 Å². The van der Waals surface area contributed by atoms with Gasteiger partial charge in [-0.2, -0.15) is 0 Å². The van der Waals surface area contributed by atoms with E-state index in [1.54, 1.807) is 19.1 Å². The molecule has 2 aromatic heterocycles. The fourth-order valence-electron chi connectivity index (χ4n) is 1.82. The number of pyridine rings is 1. The lowest BCUT2D eigenvalue weighted by molar-refractivity contribution is -0.116. The zero-order valence-electron chi connectivity index (χ0n) is 12.1. The van der Waals surface area contributed by atoms with Gasteiger partial charge in [0, 0.05) is 20.4 Å². The molecule has 0 fully saturated rings. The van der Waals surface area contributed by atoms with Crippen molar-refractivity contribution in [2.75, 3.05) is 16.8 Å². The zero-order chi connectivity index (χ0) is 15.4. The summed E-state index contributed by atoms with van der Waals surface area (Å²) in [5, 5.41) is 2.65. The summed E-state index contributed by atoms with van der Waals surface area (Å²) in [6.07, 6.45) is 2.85. The van der Waals surface area contributed by atoms with Gasteiger partial charge < -0.3 is 9.73 Å². The molecule has 0 spiro atoms. The van der Waals surface area contributed by atoms with E-state index in [1.165, 1.54) is 24.2 Å². The Morgan fingerprint density at radius 1 is 1.29 bits per heavy atom. The summed E-state index contributed by atoms with van der Waals surface area (Å²) in [6.45, 7) is 5.54. The summed E-state index contributed by atoms with van der Waals surface area (Å²) in [7, 11) is 0. The summed E-state index contributed by atoms with van der Waals surface area (Å²) in [6, 6.07) is 3.35. The summed E-state index contributed by atoms with van der Waals surface area (Å²) < 4.78 is 5.13. The Bertz CT molecular complexity index is 648. The molecule has 2 amide bonds. The molecule has 2 rings (SSSR count). The lowest BCUT2D eigenvalue weighted by Gasteiger charge is -2.17. The third-order valence-corrected chi connectivity index (χ3v) is 2.82. The number of nitrogens with zero attached hydrogens (tertiary/aromatic N) is 3. The van der Waals surface area contributed by atoms with Crippen molar-refractivity contribution in [2.45, 2.75) is 20.8 Å². The molecule has 0 saturated heterocycles. The Kier molecular flexibility index (Phi) is 4.32. The van der Waals surface area contributed by atoms with Gasteiger partial charge in [-0.15, -0.1) is 0 Å². The van der Waals surface area contributed by atoms with Gasteiger partial charge in [0.2, 0.25) is 11.7 Å². The molecule has 2 heterocycles. The third kappa shape index (κ3) is 3.44. The maximum absolute atomic E-state index is 11.9. The minimum absolute atomic E-state index is 0.0843. The van der Waals surface area contributed by atoms with E-state index in [9.17, 15) is 9.59 Å². The molecule has 0 aromatic carbocycles. The minimum atomic E-state index is -0.399. The SMILES string of the molecule is CCN(C(C)=O)c1ccc(NC(=O)c2cnc(C)o2)cn1. The highest BCUT2D eigenvalue weighted by Crippen LogP contribution is 2.15. The molecule has 0 aliphatic rings. The minimum Gasteiger partial charge on any atom is -0.436 e. The van der Waals surface area contributed by atoms with Crippen LogP contribution in [0.3, 0.4) is 0 Å². The Hall–Kier alpha value is -2.70. The number of aromatic nitrogens is 2. The van der Waals surface area contributed by atoms with Crippen LogP contribution in [-0.2, 0) is 4.79 Å². The van der Waals surface area contributed by atoms with Crippen molar-refractivity contribution < 1.29 is 14.0 Å². The quantitative estimate of drug-likeness (QED) is 0.929. The van der Waals surface area contributed by atoms with Crippen molar-refractivity contribution in [1.29, 1.82) is 0 Å². The predicted molar refractivity (Wildman–Crippen MR) is 77.1 cm³/mol. The van der Waals surface area contributed by atoms with Gasteiger partial charge in [0.25, 0.3) is 5.91 Å². The van der Waals surface area contributed by atoms with Gasteiger partial charge in [-0.3, -0.25) is 14.5 Å². The first-order valence-corrected chi connectivity index (χ1v) is 6.49. The number of nitrogens with one attached hydrogen (secondary N) is 1. The van der Waals surface area contributed by atoms with E-state index in [-0.39, 0.29) is 11.7 Å². The van der Waals surface area contributed by atoms with Crippen LogP contribution in [0.4, 0.5) is 11.5 Å². The van der Waals surface area contributed by atoms with Gasteiger partial charge in [0.15, 0.2) is 5.89 Å². The van der Waals surface area contributed by atoms with Gasteiger partial charge in [-0.25, -0.2) is 9.97 Å². The standard InChI is InChI=1S/C14H16N4O3/c1-4-18(10(3)19)13-6-5-11(7-16-13)17-14(20)12-8-15-9(2)21-12/h5-8H,4H2,1-3H3,(H,17,20). The smallest absolute Gasteiger partial charge is 0.293 e. The molecule has 0 atom stereocenters. The lowest BCUT2D eigenvalue weighted by atomic mass is 10.3. The maximum atomic E-state index is 11.9. The number of anilines is 2. The van der Waals surface area contributed by atoms with Gasteiger partial charge in [0.1, 0.15) is 5.82 Å². The van der Waals surface area contributed by atoms with Crippen molar-refractivity contribution in [3.8, 4) is 0 Å². The first kappa shape index (κ1) is 14.7. The Labute approximate surface area is 122 Å². The zero-order valence-corrected chi connectivity index (χ0v) is 12.1. The first-order valence-electron chi connectivity index (χ1n) is 6.49. The molecule has 2 aromatic rings. The maximum Gasteiger partial charge on any atom is 0.293 e. The van der Waals surface area contributed by atoms with Crippen LogP contribution in [0.25, 0.3) is 0 Å². The molecular formula is C14H16N4O3. The van der Waals surface area contributed by atoms with Crippen LogP contribution >= 0.6 is 0 Å². The molecule has 7 nitrogen and oxygen atoms in total. The largest absolute Gasteiger partial charge is 0.436 e. The van der Waals surface area contributed by atoms with Crippen LogP contribution < -0.4 is 10.2 Å². The van der Waals surface area contributed by atoms with Gasteiger partial charge in [0.05, 0.1) is 18.1 Å².